The van der Waals surface area contributed by atoms with Gasteiger partial charge in [-0.1, -0.05) is 29.8 Å². The maximum atomic E-state index is 11.5. The number of alkyl halides is 1. The minimum absolute atomic E-state index is 0.0213. The van der Waals surface area contributed by atoms with Crippen molar-refractivity contribution in [2.45, 2.75) is 25.2 Å². The van der Waals surface area contributed by atoms with Gasteiger partial charge in [0.2, 0.25) is 5.91 Å². The summed E-state index contributed by atoms with van der Waals surface area (Å²) in [6, 6.07) is 0. The number of hydrogen-bond acceptors (Lipinski definition) is 3. The van der Waals surface area contributed by atoms with Gasteiger partial charge in [-0.2, -0.15) is 0 Å². The van der Waals surface area contributed by atoms with Gasteiger partial charge < -0.3 is 5.32 Å². The molecule has 1 amide bonds. The van der Waals surface area contributed by atoms with Crippen LogP contribution in [0.4, 0.5) is 0 Å². The van der Waals surface area contributed by atoms with Crippen molar-refractivity contribution < 1.29 is 4.79 Å². The number of amides is 1. The van der Waals surface area contributed by atoms with Crippen molar-refractivity contribution in [1.29, 1.82) is 0 Å². The summed E-state index contributed by atoms with van der Waals surface area (Å²) in [5, 5.41) is 4.75. The third-order valence-corrected chi connectivity index (χ3v) is 3.87. The number of hydrogen-bond donors (Lipinski definition) is 1. The largest absolute Gasteiger partial charge is 0.349 e. The van der Waals surface area contributed by atoms with Crippen LogP contribution in [0.25, 0.3) is 0 Å². The van der Waals surface area contributed by atoms with E-state index in [4.69, 9.17) is 0 Å². The lowest BCUT2D eigenvalue weighted by atomic mass is 10.1. The van der Waals surface area contributed by atoms with E-state index in [-0.39, 0.29) is 10.7 Å². The van der Waals surface area contributed by atoms with Crippen molar-refractivity contribution in [1.82, 2.24) is 10.3 Å². The summed E-state index contributed by atoms with van der Waals surface area (Å²) in [7, 11) is 0. The third kappa shape index (κ3) is 3.38. The molecule has 0 aromatic carbocycles. The molecule has 0 aliphatic rings. The van der Waals surface area contributed by atoms with Crippen LogP contribution in [0.3, 0.4) is 0 Å². The topological polar surface area (TPSA) is 42.0 Å². The summed E-state index contributed by atoms with van der Waals surface area (Å²) < 4.78 is 0. The molecular formula is C9H13BrN2OS. The first-order valence-electron chi connectivity index (χ1n) is 4.40. The Kier molecular flexibility index (Phi) is 4.54. The molecule has 0 fully saturated rings. The van der Waals surface area contributed by atoms with Gasteiger partial charge in [-0.25, -0.2) is 4.98 Å². The normalized spacial score (nSPS) is 12.9. The maximum Gasteiger partial charge on any atom is 0.234 e. The van der Waals surface area contributed by atoms with Gasteiger partial charge in [0.15, 0.2) is 0 Å². The third-order valence-electron chi connectivity index (χ3n) is 1.76. The van der Waals surface area contributed by atoms with E-state index >= 15 is 0 Å². The van der Waals surface area contributed by atoms with Gasteiger partial charge in [-0.3, -0.25) is 4.79 Å². The van der Waals surface area contributed by atoms with Crippen LogP contribution in [0.5, 0.6) is 0 Å². The highest BCUT2D eigenvalue weighted by molar-refractivity contribution is 9.10. The summed E-state index contributed by atoms with van der Waals surface area (Å²) >= 11 is 4.87. The van der Waals surface area contributed by atoms with Gasteiger partial charge in [-0.15, -0.1) is 11.3 Å². The number of thiazole rings is 1. The standard InChI is InChI=1S/C9H13BrN2OS/c1-6(2)8(10)9(13)11-3-7-4-14-5-12-7/h4-6,8H,3H2,1-2H3,(H,11,13). The Labute approximate surface area is 96.1 Å². The minimum atomic E-state index is -0.124. The highest BCUT2D eigenvalue weighted by Gasteiger charge is 2.17. The molecule has 0 saturated heterocycles. The average molecular weight is 277 g/mol. The summed E-state index contributed by atoms with van der Waals surface area (Å²) in [5.74, 6) is 0.318. The highest BCUT2D eigenvalue weighted by Crippen LogP contribution is 2.11. The number of rotatable bonds is 4. The van der Waals surface area contributed by atoms with Crippen LogP contribution in [-0.2, 0) is 11.3 Å². The number of carbonyl (C=O) groups excluding carboxylic acids is 1. The smallest absolute Gasteiger partial charge is 0.234 e. The molecule has 1 unspecified atom stereocenters. The zero-order valence-corrected chi connectivity index (χ0v) is 10.6. The molecule has 1 atom stereocenters. The van der Waals surface area contributed by atoms with Gasteiger partial charge in [-0.05, 0) is 5.92 Å². The van der Waals surface area contributed by atoms with E-state index in [2.05, 4.69) is 26.2 Å². The molecule has 0 aliphatic carbocycles. The zero-order valence-electron chi connectivity index (χ0n) is 8.16. The highest BCUT2D eigenvalue weighted by atomic mass is 79.9. The van der Waals surface area contributed by atoms with E-state index in [9.17, 15) is 4.79 Å². The van der Waals surface area contributed by atoms with Gasteiger partial charge in [0.1, 0.15) is 0 Å². The van der Waals surface area contributed by atoms with Crippen LogP contribution in [0.2, 0.25) is 0 Å². The van der Waals surface area contributed by atoms with Crippen LogP contribution < -0.4 is 5.32 Å². The van der Waals surface area contributed by atoms with E-state index in [0.717, 1.165) is 5.69 Å². The predicted molar refractivity (Wildman–Crippen MR) is 61.5 cm³/mol. The van der Waals surface area contributed by atoms with Gasteiger partial charge in [0, 0.05) is 5.38 Å². The first-order valence-corrected chi connectivity index (χ1v) is 6.26. The number of nitrogens with one attached hydrogen (secondary N) is 1. The molecule has 0 spiro atoms. The quantitative estimate of drug-likeness (QED) is 0.857. The van der Waals surface area contributed by atoms with Crippen molar-refractivity contribution in [2.75, 3.05) is 0 Å². The molecular weight excluding hydrogens is 264 g/mol. The van der Waals surface area contributed by atoms with Crippen LogP contribution in [0.1, 0.15) is 19.5 Å². The lowest BCUT2D eigenvalue weighted by Gasteiger charge is -2.12. The van der Waals surface area contributed by atoms with E-state index in [1.807, 2.05) is 19.2 Å². The molecule has 0 saturated carbocycles. The fraction of sp³-hybridized carbons (Fsp3) is 0.556. The van der Waals surface area contributed by atoms with E-state index < -0.39 is 0 Å². The van der Waals surface area contributed by atoms with Crippen LogP contribution in [-0.4, -0.2) is 15.7 Å². The molecule has 1 heterocycles. The zero-order chi connectivity index (χ0) is 10.6. The number of halogens is 1. The molecule has 3 nitrogen and oxygen atoms in total. The SMILES string of the molecule is CC(C)C(Br)C(=O)NCc1cscn1. The van der Waals surface area contributed by atoms with E-state index in [1.165, 1.54) is 11.3 Å². The van der Waals surface area contributed by atoms with Crippen molar-refractivity contribution in [3.05, 3.63) is 16.6 Å². The second-order valence-corrected chi connectivity index (χ2v) is 5.05. The molecule has 0 bridgehead atoms. The minimum Gasteiger partial charge on any atom is -0.349 e. The Morgan fingerprint density at radius 2 is 2.43 bits per heavy atom. The Hall–Kier alpha value is -0.420. The Balaban J connectivity index is 2.35. The molecule has 14 heavy (non-hydrogen) atoms. The van der Waals surface area contributed by atoms with Crippen molar-refractivity contribution in [2.24, 2.45) is 5.92 Å². The van der Waals surface area contributed by atoms with E-state index in [0.29, 0.717) is 12.5 Å². The monoisotopic (exact) mass is 276 g/mol. The fourth-order valence-electron chi connectivity index (χ4n) is 0.903. The first kappa shape index (κ1) is 11.7. The molecule has 1 aromatic heterocycles. The summed E-state index contributed by atoms with van der Waals surface area (Å²) in [6.45, 7) is 4.51. The molecule has 0 aliphatic heterocycles. The predicted octanol–water partition coefficient (Wildman–Crippen LogP) is 2.18. The summed E-state index contributed by atoms with van der Waals surface area (Å²) in [4.78, 5) is 15.5. The second-order valence-electron chi connectivity index (χ2n) is 3.34. The van der Waals surface area contributed by atoms with Crippen LogP contribution in [0, 0.1) is 5.92 Å². The second kappa shape index (κ2) is 5.46. The number of aromatic nitrogens is 1. The summed E-state index contributed by atoms with van der Waals surface area (Å²) in [5.41, 5.74) is 2.67. The average Bonchev–Trinajstić information content (AvgIpc) is 2.65. The lowest BCUT2D eigenvalue weighted by molar-refractivity contribution is -0.121. The van der Waals surface area contributed by atoms with Crippen LogP contribution in [0.15, 0.2) is 10.9 Å². The van der Waals surface area contributed by atoms with Crippen LogP contribution >= 0.6 is 27.3 Å². The Bertz CT molecular complexity index is 287. The van der Waals surface area contributed by atoms with Crippen molar-refractivity contribution in [3.8, 4) is 0 Å². The first-order chi connectivity index (χ1) is 6.61. The maximum absolute atomic E-state index is 11.5. The van der Waals surface area contributed by atoms with Gasteiger partial charge in [0.25, 0.3) is 0 Å². The molecule has 1 N–H and O–H groups in total. The van der Waals surface area contributed by atoms with Gasteiger partial charge >= 0.3 is 0 Å². The molecule has 1 rings (SSSR count). The number of nitrogens with zero attached hydrogens (tertiary/aromatic N) is 1. The molecule has 0 radical (unpaired) electrons. The van der Waals surface area contributed by atoms with Crippen molar-refractivity contribution in [3.63, 3.8) is 0 Å². The van der Waals surface area contributed by atoms with Gasteiger partial charge in [0.05, 0.1) is 22.6 Å². The Morgan fingerprint density at radius 3 is 2.93 bits per heavy atom. The molecule has 1 aromatic rings. The fourth-order valence-corrected chi connectivity index (χ4v) is 1.62. The summed E-state index contributed by atoms with van der Waals surface area (Å²) in [6.07, 6.45) is 0. The number of carbonyl (C=O) groups is 1. The Morgan fingerprint density at radius 1 is 1.71 bits per heavy atom. The van der Waals surface area contributed by atoms with E-state index in [1.54, 1.807) is 5.51 Å². The molecule has 5 heteroatoms. The van der Waals surface area contributed by atoms with Crippen molar-refractivity contribution >= 4 is 33.2 Å². The molecule has 78 valence electrons. The lowest BCUT2D eigenvalue weighted by Crippen LogP contribution is -2.33.